The highest BCUT2D eigenvalue weighted by Gasteiger charge is 2.25. The van der Waals surface area contributed by atoms with Crippen molar-refractivity contribution >= 4 is 40.6 Å². The first-order valence-electron chi connectivity index (χ1n) is 10.00. The van der Waals surface area contributed by atoms with Crippen molar-refractivity contribution in [3.63, 3.8) is 0 Å². The number of thiocarbonyl (C=S) groups is 1. The van der Waals surface area contributed by atoms with E-state index in [1.165, 1.54) is 11.1 Å². The van der Waals surface area contributed by atoms with Crippen LogP contribution in [0.2, 0.25) is 5.02 Å². The molecule has 0 bridgehead atoms. The van der Waals surface area contributed by atoms with Gasteiger partial charge in [0.05, 0.1) is 10.7 Å². The van der Waals surface area contributed by atoms with Gasteiger partial charge in [-0.25, -0.2) is 0 Å². The van der Waals surface area contributed by atoms with Crippen LogP contribution in [0.15, 0.2) is 48.5 Å². The summed E-state index contributed by atoms with van der Waals surface area (Å²) in [5.74, 6) is -0.832. The minimum atomic E-state index is -0.920. The van der Waals surface area contributed by atoms with Crippen molar-refractivity contribution < 1.29 is 9.90 Å². The lowest BCUT2D eigenvalue weighted by atomic mass is 9.82. The largest absolute Gasteiger partial charge is 0.550 e. The first kappa shape index (κ1) is 21.6. The molecule has 1 saturated carbocycles. The molecule has 0 radical (unpaired) electrons. The Morgan fingerprint density at radius 1 is 1.14 bits per heavy atom. The number of halogens is 1. The highest BCUT2D eigenvalue weighted by atomic mass is 35.5. The number of hydrogen-bond acceptors (Lipinski definition) is 3. The lowest BCUT2D eigenvalue weighted by Gasteiger charge is -2.34. The molecule has 3 rings (SSSR count). The molecule has 0 atom stereocenters. The monoisotopic (exact) mass is 429 g/mol. The van der Waals surface area contributed by atoms with Gasteiger partial charge in [0, 0.05) is 19.1 Å². The Kier molecular flexibility index (Phi) is 7.51. The number of benzene rings is 2. The normalized spacial score (nSPS) is 18.8. The van der Waals surface area contributed by atoms with Crippen molar-refractivity contribution in [3.8, 4) is 0 Å². The van der Waals surface area contributed by atoms with Crippen LogP contribution >= 0.6 is 23.8 Å². The summed E-state index contributed by atoms with van der Waals surface area (Å²) in [6, 6.07) is 15.8. The molecule has 0 aromatic heterocycles. The maximum Gasteiger partial charge on any atom is 0.173 e. The zero-order valence-corrected chi connectivity index (χ0v) is 18.1. The molecule has 4 nitrogen and oxygen atoms in total. The first-order chi connectivity index (χ1) is 13.9. The van der Waals surface area contributed by atoms with Gasteiger partial charge in [-0.05, 0) is 79.9 Å². The van der Waals surface area contributed by atoms with E-state index in [9.17, 15) is 9.90 Å². The van der Waals surface area contributed by atoms with E-state index in [1.54, 1.807) is 0 Å². The van der Waals surface area contributed by atoms with Gasteiger partial charge in [0.1, 0.15) is 0 Å². The van der Waals surface area contributed by atoms with Crippen LogP contribution in [-0.2, 0) is 11.3 Å². The highest BCUT2D eigenvalue weighted by molar-refractivity contribution is 7.80. The van der Waals surface area contributed by atoms with Crippen molar-refractivity contribution in [1.82, 2.24) is 4.90 Å². The van der Waals surface area contributed by atoms with Gasteiger partial charge in [-0.3, -0.25) is 0 Å². The van der Waals surface area contributed by atoms with Crippen LogP contribution in [-0.4, -0.2) is 22.5 Å². The molecule has 1 N–H and O–H groups in total. The molecule has 0 aliphatic heterocycles. The van der Waals surface area contributed by atoms with Gasteiger partial charge in [0.15, 0.2) is 5.11 Å². The number of nitrogens with zero attached hydrogens (tertiary/aromatic N) is 1. The minimum absolute atomic E-state index is 0.315. The number of carbonyl (C=O) groups excluding carboxylic acids is 1. The third-order valence-electron chi connectivity index (χ3n) is 5.68. The van der Waals surface area contributed by atoms with Gasteiger partial charge >= 0.3 is 0 Å². The Morgan fingerprint density at radius 2 is 1.79 bits per heavy atom. The molecule has 0 heterocycles. The summed E-state index contributed by atoms with van der Waals surface area (Å²) in [6.07, 6.45) is 3.10. The molecule has 2 aromatic carbocycles. The number of carbonyl (C=O) groups is 1. The fourth-order valence-electron chi connectivity index (χ4n) is 3.86. The Bertz CT molecular complexity index is 865. The summed E-state index contributed by atoms with van der Waals surface area (Å²) in [6.45, 7) is 3.58. The van der Waals surface area contributed by atoms with Gasteiger partial charge in [-0.15, -0.1) is 0 Å². The van der Waals surface area contributed by atoms with E-state index in [2.05, 4.69) is 29.3 Å². The lowest BCUT2D eigenvalue weighted by molar-refractivity contribution is -0.312. The summed E-state index contributed by atoms with van der Waals surface area (Å²) < 4.78 is 0. The van der Waals surface area contributed by atoms with Crippen LogP contribution in [0.3, 0.4) is 0 Å². The molecule has 154 valence electrons. The highest BCUT2D eigenvalue weighted by Crippen LogP contribution is 2.30. The Hall–Kier alpha value is -2.11. The quantitative estimate of drug-likeness (QED) is 0.689. The summed E-state index contributed by atoms with van der Waals surface area (Å²) in [7, 11) is 0. The number of nitrogens with one attached hydrogen (secondary N) is 1. The van der Waals surface area contributed by atoms with Crippen LogP contribution in [0.5, 0.6) is 0 Å². The maximum absolute atomic E-state index is 11.1. The van der Waals surface area contributed by atoms with E-state index in [-0.39, 0.29) is 5.92 Å². The molecule has 1 aliphatic carbocycles. The lowest BCUT2D eigenvalue weighted by Crippen LogP contribution is -2.40. The third-order valence-corrected chi connectivity index (χ3v) is 6.37. The molecule has 1 aliphatic rings. The summed E-state index contributed by atoms with van der Waals surface area (Å²) in [5.41, 5.74) is 3.23. The number of aryl methyl sites for hydroxylation is 1. The van der Waals surface area contributed by atoms with Crippen molar-refractivity contribution in [3.05, 3.63) is 64.7 Å². The number of aliphatic carboxylic acids is 1. The topological polar surface area (TPSA) is 55.4 Å². The Morgan fingerprint density at radius 3 is 2.45 bits per heavy atom. The SMILES string of the molecule is Cc1ccccc1CN(CC1CCC(C(=O)[O-])CC1)C(=S)Nc1ccccc1Cl. The predicted molar refractivity (Wildman–Crippen MR) is 120 cm³/mol. The Labute approximate surface area is 182 Å². The second-order valence-corrected chi connectivity index (χ2v) is 8.55. The second-order valence-electron chi connectivity index (χ2n) is 7.75. The molecule has 0 amide bonds. The van der Waals surface area contributed by atoms with Crippen LogP contribution < -0.4 is 10.4 Å². The standard InChI is InChI=1S/C23H27ClN2O2S/c1-16-6-2-3-7-19(16)15-26(14-17-10-12-18(13-11-17)22(27)28)23(29)25-21-9-5-4-8-20(21)24/h2-9,17-18H,10-15H2,1H3,(H,25,29)(H,27,28)/p-1. The number of rotatable bonds is 6. The zero-order valence-electron chi connectivity index (χ0n) is 16.6. The molecule has 0 saturated heterocycles. The van der Waals surface area contributed by atoms with Crippen molar-refractivity contribution in [1.29, 1.82) is 0 Å². The zero-order chi connectivity index (χ0) is 20.8. The van der Waals surface area contributed by atoms with Crippen molar-refractivity contribution in [2.45, 2.75) is 39.2 Å². The van der Waals surface area contributed by atoms with Gasteiger partial charge in [0.25, 0.3) is 0 Å². The molecule has 6 heteroatoms. The molecular formula is C23H26ClN2O2S-. The number of carboxylic acids is 1. The van der Waals surface area contributed by atoms with Crippen molar-refractivity contribution in [2.24, 2.45) is 11.8 Å². The average molecular weight is 430 g/mol. The predicted octanol–water partition coefficient (Wildman–Crippen LogP) is 4.40. The minimum Gasteiger partial charge on any atom is -0.550 e. The summed E-state index contributed by atoms with van der Waals surface area (Å²) in [4.78, 5) is 13.3. The van der Waals surface area contributed by atoms with Gasteiger partial charge in [-0.2, -0.15) is 0 Å². The van der Waals surface area contributed by atoms with Crippen LogP contribution in [0.4, 0.5) is 5.69 Å². The van der Waals surface area contributed by atoms with E-state index < -0.39 is 5.97 Å². The van der Waals surface area contributed by atoms with Crippen LogP contribution in [0, 0.1) is 18.8 Å². The first-order valence-corrected chi connectivity index (χ1v) is 10.8. The molecule has 0 spiro atoms. The second kappa shape index (κ2) is 10.1. The number of anilines is 1. The third kappa shape index (κ3) is 5.94. The Balaban J connectivity index is 1.73. The van der Waals surface area contributed by atoms with Gasteiger partial charge in [-0.1, -0.05) is 48.0 Å². The smallest absolute Gasteiger partial charge is 0.173 e. The fourth-order valence-corrected chi connectivity index (χ4v) is 4.29. The fraction of sp³-hybridized carbons (Fsp3) is 0.391. The van der Waals surface area contributed by atoms with Crippen LogP contribution in [0.1, 0.15) is 36.8 Å². The van der Waals surface area contributed by atoms with Crippen molar-refractivity contribution in [2.75, 3.05) is 11.9 Å². The maximum atomic E-state index is 11.1. The number of para-hydroxylation sites is 1. The molecule has 2 aromatic rings. The summed E-state index contributed by atoms with van der Waals surface area (Å²) in [5, 5.41) is 15.7. The number of hydrogen-bond donors (Lipinski definition) is 1. The molecule has 29 heavy (non-hydrogen) atoms. The van der Waals surface area contributed by atoms with E-state index in [4.69, 9.17) is 23.8 Å². The summed E-state index contributed by atoms with van der Waals surface area (Å²) >= 11 is 12.0. The van der Waals surface area contributed by atoms with E-state index in [0.29, 0.717) is 35.4 Å². The van der Waals surface area contributed by atoms with Crippen LogP contribution in [0.25, 0.3) is 0 Å². The van der Waals surface area contributed by atoms with E-state index in [1.807, 2.05) is 36.4 Å². The number of carboxylic acid groups (broad SMARTS) is 1. The molecular weight excluding hydrogens is 404 g/mol. The average Bonchev–Trinajstić information content (AvgIpc) is 2.71. The van der Waals surface area contributed by atoms with E-state index in [0.717, 1.165) is 25.1 Å². The molecule has 0 unspecified atom stereocenters. The molecule has 1 fully saturated rings. The van der Waals surface area contributed by atoms with E-state index >= 15 is 0 Å². The van der Waals surface area contributed by atoms with Gasteiger partial charge < -0.3 is 20.1 Å². The van der Waals surface area contributed by atoms with Gasteiger partial charge in [0.2, 0.25) is 0 Å².